The summed E-state index contributed by atoms with van der Waals surface area (Å²) in [5.41, 5.74) is 1.32. The molecule has 1 aromatic carbocycles. The monoisotopic (exact) mass is 294 g/mol. The Morgan fingerprint density at radius 2 is 1.82 bits per heavy atom. The fraction of sp³-hybridized carbons (Fsp3) is 0.286. The minimum atomic E-state index is 0.451. The van der Waals surface area contributed by atoms with Gasteiger partial charge in [0.05, 0.1) is 0 Å². The minimum absolute atomic E-state index is 0.451. The highest BCUT2D eigenvalue weighted by molar-refractivity contribution is 9.10. The van der Waals surface area contributed by atoms with Crippen LogP contribution in [0.25, 0.3) is 0 Å². The van der Waals surface area contributed by atoms with E-state index < -0.39 is 0 Å². The molecule has 90 valence electrons. The summed E-state index contributed by atoms with van der Waals surface area (Å²) in [7, 11) is 0. The Hall–Kier alpha value is -1.22. The molecule has 0 saturated carbocycles. The molecule has 0 aliphatic heterocycles. The van der Waals surface area contributed by atoms with Crippen molar-refractivity contribution in [2.45, 2.75) is 26.4 Å². The van der Waals surface area contributed by atoms with Gasteiger partial charge in [-0.05, 0) is 51.7 Å². The van der Waals surface area contributed by atoms with Gasteiger partial charge in [-0.15, -0.1) is 0 Å². The zero-order valence-electron chi connectivity index (χ0n) is 9.94. The van der Waals surface area contributed by atoms with Gasteiger partial charge in [-0.25, -0.2) is 0 Å². The average molecular weight is 295 g/mol. The smallest absolute Gasteiger partial charge is 0.169 e. The highest BCUT2D eigenvalue weighted by Gasteiger charge is 2.02. The molecule has 0 radical (unpaired) electrons. The lowest BCUT2D eigenvalue weighted by molar-refractivity contribution is 0.267. The van der Waals surface area contributed by atoms with Crippen LogP contribution in [0.5, 0.6) is 5.75 Å². The van der Waals surface area contributed by atoms with Crippen LogP contribution in [0.3, 0.4) is 0 Å². The normalized spacial score (nSPS) is 10.8. The highest BCUT2D eigenvalue weighted by atomic mass is 79.9. The maximum atomic E-state index is 5.63. The summed E-state index contributed by atoms with van der Waals surface area (Å²) in [5.74, 6) is 2.22. The summed E-state index contributed by atoms with van der Waals surface area (Å²) in [6.45, 7) is 4.80. The molecule has 0 atom stereocenters. The molecule has 0 spiro atoms. The number of halogens is 1. The number of rotatable bonds is 4. The van der Waals surface area contributed by atoms with Crippen LogP contribution in [-0.2, 0) is 6.61 Å². The third kappa shape index (κ3) is 3.37. The van der Waals surface area contributed by atoms with Crippen molar-refractivity contribution in [3.8, 4) is 5.75 Å². The number of benzene rings is 1. The molecular weight excluding hydrogens is 280 g/mol. The molecule has 2 rings (SSSR count). The van der Waals surface area contributed by atoms with Crippen LogP contribution in [-0.4, -0.2) is 0 Å². The molecule has 2 nitrogen and oxygen atoms in total. The third-order valence-electron chi connectivity index (χ3n) is 2.56. The SMILES string of the molecule is CC(C)c1ccc(OCc2ccc(Br)o2)cc1. The van der Waals surface area contributed by atoms with Crippen LogP contribution < -0.4 is 4.74 Å². The van der Waals surface area contributed by atoms with Gasteiger partial charge in [-0.2, -0.15) is 0 Å². The maximum absolute atomic E-state index is 5.63. The lowest BCUT2D eigenvalue weighted by atomic mass is 10.0. The summed E-state index contributed by atoms with van der Waals surface area (Å²) in [6, 6.07) is 11.9. The molecule has 0 N–H and O–H groups in total. The molecule has 0 aliphatic carbocycles. The molecule has 1 heterocycles. The summed E-state index contributed by atoms with van der Waals surface area (Å²) in [5, 5.41) is 0. The van der Waals surface area contributed by atoms with E-state index in [1.54, 1.807) is 0 Å². The third-order valence-corrected chi connectivity index (χ3v) is 2.98. The lowest BCUT2D eigenvalue weighted by Crippen LogP contribution is -1.94. The molecule has 3 heteroatoms. The fourth-order valence-electron chi connectivity index (χ4n) is 1.53. The van der Waals surface area contributed by atoms with Crippen molar-refractivity contribution in [2.24, 2.45) is 0 Å². The van der Waals surface area contributed by atoms with Crippen molar-refractivity contribution in [1.29, 1.82) is 0 Å². The second kappa shape index (κ2) is 5.41. The van der Waals surface area contributed by atoms with E-state index in [1.807, 2.05) is 24.3 Å². The van der Waals surface area contributed by atoms with Gasteiger partial charge < -0.3 is 9.15 Å². The predicted molar refractivity (Wildman–Crippen MR) is 71.3 cm³/mol. The van der Waals surface area contributed by atoms with Gasteiger partial charge in [0, 0.05) is 0 Å². The van der Waals surface area contributed by atoms with E-state index in [0.29, 0.717) is 12.5 Å². The van der Waals surface area contributed by atoms with Crippen molar-refractivity contribution in [3.05, 3.63) is 52.4 Å². The number of hydrogen-bond donors (Lipinski definition) is 0. The molecule has 0 fully saturated rings. The van der Waals surface area contributed by atoms with Crippen molar-refractivity contribution in [3.63, 3.8) is 0 Å². The first-order valence-electron chi connectivity index (χ1n) is 5.62. The van der Waals surface area contributed by atoms with Crippen LogP contribution in [0.2, 0.25) is 0 Å². The molecule has 1 aromatic heterocycles. The molecule has 0 amide bonds. The second-order valence-electron chi connectivity index (χ2n) is 4.22. The van der Waals surface area contributed by atoms with E-state index in [0.717, 1.165) is 16.2 Å². The molecule has 2 aromatic rings. The van der Waals surface area contributed by atoms with Crippen molar-refractivity contribution in [2.75, 3.05) is 0 Å². The van der Waals surface area contributed by atoms with E-state index >= 15 is 0 Å². The van der Waals surface area contributed by atoms with E-state index in [2.05, 4.69) is 41.9 Å². The first-order chi connectivity index (χ1) is 8.15. The standard InChI is InChI=1S/C14H15BrO2/c1-10(2)11-3-5-12(6-4-11)16-9-13-7-8-14(15)17-13/h3-8,10H,9H2,1-2H3. The van der Waals surface area contributed by atoms with Crippen molar-refractivity contribution in [1.82, 2.24) is 0 Å². The largest absolute Gasteiger partial charge is 0.486 e. The lowest BCUT2D eigenvalue weighted by Gasteiger charge is -2.07. The molecule has 0 bridgehead atoms. The van der Waals surface area contributed by atoms with Gasteiger partial charge in [-0.3, -0.25) is 0 Å². The Bertz CT molecular complexity index is 471. The summed E-state index contributed by atoms with van der Waals surface area (Å²) in [6.07, 6.45) is 0. The average Bonchev–Trinajstić information content (AvgIpc) is 2.73. The molecule has 0 aliphatic rings. The Morgan fingerprint density at radius 3 is 2.35 bits per heavy atom. The molecular formula is C14H15BrO2. The first kappa shape index (κ1) is 12.2. The van der Waals surface area contributed by atoms with Gasteiger partial charge in [0.2, 0.25) is 0 Å². The second-order valence-corrected chi connectivity index (χ2v) is 5.00. The molecule has 0 unspecified atom stereocenters. The Morgan fingerprint density at radius 1 is 1.12 bits per heavy atom. The molecule has 0 saturated heterocycles. The summed E-state index contributed by atoms with van der Waals surface area (Å²) >= 11 is 3.26. The summed E-state index contributed by atoms with van der Waals surface area (Å²) < 4.78 is 11.7. The Kier molecular flexibility index (Phi) is 3.89. The van der Waals surface area contributed by atoms with Gasteiger partial charge in [0.1, 0.15) is 18.1 Å². The number of hydrogen-bond acceptors (Lipinski definition) is 2. The zero-order chi connectivity index (χ0) is 12.3. The highest BCUT2D eigenvalue weighted by Crippen LogP contribution is 2.20. The quantitative estimate of drug-likeness (QED) is 0.812. The van der Waals surface area contributed by atoms with E-state index in [4.69, 9.17) is 9.15 Å². The van der Waals surface area contributed by atoms with Crippen molar-refractivity contribution < 1.29 is 9.15 Å². The van der Waals surface area contributed by atoms with Gasteiger partial charge >= 0.3 is 0 Å². The van der Waals surface area contributed by atoms with Crippen molar-refractivity contribution >= 4 is 15.9 Å². The van der Waals surface area contributed by atoms with Gasteiger partial charge in [0.15, 0.2) is 4.67 Å². The number of ether oxygens (including phenoxy) is 1. The minimum Gasteiger partial charge on any atom is -0.486 e. The van der Waals surface area contributed by atoms with Gasteiger partial charge in [-0.1, -0.05) is 26.0 Å². The van der Waals surface area contributed by atoms with Crippen LogP contribution in [0.1, 0.15) is 31.1 Å². The Balaban J connectivity index is 1.95. The zero-order valence-corrected chi connectivity index (χ0v) is 11.5. The first-order valence-corrected chi connectivity index (χ1v) is 6.41. The van der Waals surface area contributed by atoms with Crippen LogP contribution in [0, 0.1) is 0 Å². The van der Waals surface area contributed by atoms with Crippen LogP contribution >= 0.6 is 15.9 Å². The summed E-state index contributed by atoms with van der Waals surface area (Å²) in [4.78, 5) is 0. The Labute approximate surface area is 110 Å². The van der Waals surface area contributed by atoms with Gasteiger partial charge in [0.25, 0.3) is 0 Å². The van der Waals surface area contributed by atoms with Crippen LogP contribution in [0.4, 0.5) is 0 Å². The number of furan rings is 1. The maximum Gasteiger partial charge on any atom is 0.169 e. The van der Waals surface area contributed by atoms with E-state index in [1.165, 1.54) is 5.56 Å². The van der Waals surface area contributed by atoms with Crippen LogP contribution in [0.15, 0.2) is 45.5 Å². The topological polar surface area (TPSA) is 22.4 Å². The van der Waals surface area contributed by atoms with E-state index in [9.17, 15) is 0 Å². The molecule has 17 heavy (non-hydrogen) atoms. The predicted octanol–water partition coefficient (Wildman–Crippen LogP) is 4.74. The van der Waals surface area contributed by atoms with E-state index in [-0.39, 0.29) is 0 Å². The fourth-order valence-corrected chi connectivity index (χ4v) is 1.87.